The third-order valence-corrected chi connectivity index (χ3v) is 4.23. The summed E-state index contributed by atoms with van der Waals surface area (Å²) in [6, 6.07) is 3.32. The molecule has 0 aliphatic carbocycles. The van der Waals surface area contributed by atoms with Gasteiger partial charge in [-0.3, -0.25) is 9.59 Å². The van der Waals surface area contributed by atoms with E-state index in [1.807, 2.05) is 0 Å². The molecule has 4 N–H and O–H groups in total. The summed E-state index contributed by atoms with van der Waals surface area (Å²) >= 11 is 0. The first kappa shape index (κ1) is 19.2. The number of carbonyl (C=O) groups is 2. The molecule has 3 heterocycles. The van der Waals surface area contributed by atoms with Crippen LogP contribution in [0, 0.1) is 11.8 Å². The van der Waals surface area contributed by atoms with Gasteiger partial charge in [0.15, 0.2) is 11.6 Å². The highest BCUT2D eigenvalue weighted by atomic mass is 19.1. The van der Waals surface area contributed by atoms with Gasteiger partial charge >= 0.3 is 0 Å². The number of aromatic nitrogens is 2. The molecule has 1 saturated heterocycles. The van der Waals surface area contributed by atoms with E-state index in [1.54, 1.807) is 4.90 Å². The van der Waals surface area contributed by atoms with Gasteiger partial charge in [0.05, 0.1) is 17.4 Å². The van der Waals surface area contributed by atoms with E-state index in [9.17, 15) is 18.4 Å². The number of primary amides is 1. The summed E-state index contributed by atoms with van der Waals surface area (Å²) in [5, 5.41) is 5.48. The zero-order valence-corrected chi connectivity index (χ0v) is 14.8. The van der Waals surface area contributed by atoms with Crippen molar-refractivity contribution >= 4 is 29.1 Å². The predicted molar refractivity (Wildman–Crippen MR) is 99.1 cm³/mol. The molecule has 0 bridgehead atoms. The van der Waals surface area contributed by atoms with Gasteiger partial charge in [0.1, 0.15) is 5.82 Å². The SMILES string of the molecule is C=CC(=O)N[C@H]1CCN(c2nc(Nc3ccc(F)nc3)c(F)cc2C(N)=O)C1. The highest BCUT2D eigenvalue weighted by molar-refractivity contribution is 5.98. The van der Waals surface area contributed by atoms with E-state index in [1.165, 1.54) is 18.3 Å². The Balaban J connectivity index is 1.88. The maximum Gasteiger partial charge on any atom is 0.252 e. The van der Waals surface area contributed by atoms with Crippen molar-refractivity contribution in [2.75, 3.05) is 23.3 Å². The zero-order valence-electron chi connectivity index (χ0n) is 14.8. The average Bonchev–Trinajstić information content (AvgIpc) is 3.12. The molecule has 1 aliphatic rings. The standard InChI is InChI=1S/C18H18F2N6O2/c1-2-15(27)23-11-5-6-26(9-11)18-12(16(21)28)7-13(19)17(25-18)24-10-3-4-14(20)22-8-10/h2-4,7-8,11H,1,5-6,9H2,(H2,21,28)(H,23,27)(H,24,25)/t11-/m0/s1. The quantitative estimate of drug-likeness (QED) is 0.510. The van der Waals surface area contributed by atoms with Gasteiger partial charge in [0.25, 0.3) is 5.91 Å². The third-order valence-electron chi connectivity index (χ3n) is 4.23. The number of halogens is 2. The van der Waals surface area contributed by atoms with Gasteiger partial charge in [0.2, 0.25) is 11.9 Å². The molecule has 1 atom stereocenters. The van der Waals surface area contributed by atoms with Gasteiger partial charge in [-0.2, -0.15) is 4.39 Å². The molecule has 28 heavy (non-hydrogen) atoms. The summed E-state index contributed by atoms with van der Waals surface area (Å²) in [5.41, 5.74) is 5.63. The van der Waals surface area contributed by atoms with Gasteiger partial charge in [-0.05, 0) is 30.7 Å². The maximum absolute atomic E-state index is 14.4. The summed E-state index contributed by atoms with van der Waals surface area (Å²) in [5.74, 6) is -2.56. The molecule has 10 heteroatoms. The van der Waals surface area contributed by atoms with Crippen LogP contribution in [0.1, 0.15) is 16.8 Å². The number of rotatable bonds is 6. The Kier molecular flexibility index (Phi) is 5.48. The number of hydrogen-bond donors (Lipinski definition) is 3. The first-order valence-electron chi connectivity index (χ1n) is 8.44. The fourth-order valence-electron chi connectivity index (χ4n) is 2.91. The molecular weight excluding hydrogens is 370 g/mol. The van der Waals surface area contributed by atoms with Crippen molar-refractivity contribution in [2.24, 2.45) is 5.73 Å². The lowest BCUT2D eigenvalue weighted by atomic mass is 10.2. The summed E-state index contributed by atoms with van der Waals surface area (Å²) in [4.78, 5) is 32.7. The van der Waals surface area contributed by atoms with E-state index in [2.05, 4.69) is 27.2 Å². The number of nitrogens with zero attached hydrogens (tertiary/aromatic N) is 3. The van der Waals surface area contributed by atoms with Crippen molar-refractivity contribution < 1.29 is 18.4 Å². The van der Waals surface area contributed by atoms with Crippen molar-refractivity contribution in [3.63, 3.8) is 0 Å². The molecule has 0 aromatic carbocycles. The lowest BCUT2D eigenvalue weighted by molar-refractivity contribution is -0.117. The van der Waals surface area contributed by atoms with Crippen LogP contribution in [-0.2, 0) is 4.79 Å². The lowest BCUT2D eigenvalue weighted by Crippen LogP contribution is -2.36. The Morgan fingerprint density at radius 3 is 2.79 bits per heavy atom. The van der Waals surface area contributed by atoms with Gasteiger partial charge < -0.3 is 21.3 Å². The van der Waals surface area contributed by atoms with Crippen LogP contribution in [0.4, 0.5) is 26.1 Å². The molecular formula is C18H18F2N6O2. The summed E-state index contributed by atoms with van der Waals surface area (Å²) < 4.78 is 27.4. The first-order chi connectivity index (χ1) is 13.4. The van der Waals surface area contributed by atoms with E-state index >= 15 is 0 Å². The molecule has 8 nitrogen and oxygen atoms in total. The molecule has 3 rings (SSSR count). The number of hydrogen-bond acceptors (Lipinski definition) is 6. The molecule has 1 fully saturated rings. The van der Waals surface area contributed by atoms with Crippen LogP contribution < -0.4 is 21.3 Å². The Labute approximate surface area is 159 Å². The fourth-order valence-corrected chi connectivity index (χ4v) is 2.91. The molecule has 1 aliphatic heterocycles. The second kappa shape index (κ2) is 7.99. The molecule has 0 radical (unpaired) electrons. The Morgan fingerprint density at radius 1 is 1.36 bits per heavy atom. The third kappa shape index (κ3) is 4.22. The number of pyridine rings is 2. The average molecular weight is 388 g/mol. The lowest BCUT2D eigenvalue weighted by Gasteiger charge is -2.21. The smallest absolute Gasteiger partial charge is 0.252 e. The van der Waals surface area contributed by atoms with E-state index < -0.39 is 17.7 Å². The van der Waals surface area contributed by atoms with Crippen LogP contribution in [0.3, 0.4) is 0 Å². The Hall–Kier alpha value is -3.56. The van der Waals surface area contributed by atoms with E-state index in [0.29, 0.717) is 25.2 Å². The minimum Gasteiger partial charge on any atom is -0.365 e. The highest BCUT2D eigenvalue weighted by Crippen LogP contribution is 2.28. The Bertz CT molecular complexity index is 919. The van der Waals surface area contributed by atoms with Crippen LogP contribution >= 0.6 is 0 Å². The normalized spacial score (nSPS) is 15.9. The van der Waals surface area contributed by atoms with Gasteiger partial charge in [-0.1, -0.05) is 6.58 Å². The van der Waals surface area contributed by atoms with Crippen LogP contribution in [0.5, 0.6) is 0 Å². The number of nitrogens with one attached hydrogen (secondary N) is 2. The second-order valence-corrected chi connectivity index (χ2v) is 6.19. The van der Waals surface area contributed by atoms with Crippen LogP contribution in [0.25, 0.3) is 0 Å². The number of anilines is 3. The zero-order chi connectivity index (χ0) is 20.3. The molecule has 2 amide bonds. The van der Waals surface area contributed by atoms with E-state index in [0.717, 1.165) is 12.1 Å². The molecule has 0 spiro atoms. The van der Waals surface area contributed by atoms with Crippen molar-refractivity contribution in [3.8, 4) is 0 Å². The summed E-state index contributed by atoms with van der Waals surface area (Å²) in [7, 11) is 0. The molecule has 0 unspecified atom stereocenters. The fraction of sp³-hybridized carbons (Fsp3) is 0.222. The minimum absolute atomic E-state index is 0.0732. The predicted octanol–water partition coefficient (Wildman–Crippen LogP) is 1.48. The van der Waals surface area contributed by atoms with E-state index in [4.69, 9.17) is 5.73 Å². The number of amides is 2. The summed E-state index contributed by atoms with van der Waals surface area (Å²) in [6.45, 7) is 4.26. The first-order valence-corrected chi connectivity index (χ1v) is 8.44. The van der Waals surface area contributed by atoms with Crippen molar-refractivity contribution in [1.29, 1.82) is 0 Å². The summed E-state index contributed by atoms with van der Waals surface area (Å²) in [6.07, 6.45) is 2.97. The monoisotopic (exact) mass is 388 g/mol. The largest absolute Gasteiger partial charge is 0.365 e. The van der Waals surface area contributed by atoms with Crippen LogP contribution in [0.2, 0.25) is 0 Å². The van der Waals surface area contributed by atoms with Crippen LogP contribution in [0.15, 0.2) is 37.1 Å². The topological polar surface area (TPSA) is 113 Å². The molecule has 2 aromatic rings. The Morgan fingerprint density at radius 2 is 2.14 bits per heavy atom. The van der Waals surface area contributed by atoms with Gasteiger partial charge in [-0.25, -0.2) is 14.4 Å². The van der Waals surface area contributed by atoms with E-state index in [-0.39, 0.29) is 29.1 Å². The molecule has 2 aromatic heterocycles. The number of carbonyl (C=O) groups excluding carboxylic acids is 2. The van der Waals surface area contributed by atoms with Gasteiger partial charge in [-0.15, -0.1) is 0 Å². The minimum atomic E-state index is -0.824. The van der Waals surface area contributed by atoms with Gasteiger partial charge in [0, 0.05) is 19.1 Å². The van der Waals surface area contributed by atoms with Crippen molar-refractivity contribution in [2.45, 2.75) is 12.5 Å². The maximum atomic E-state index is 14.4. The second-order valence-electron chi connectivity index (χ2n) is 6.19. The highest BCUT2D eigenvalue weighted by Gasteiger charge is 2.28. The molecule has 146 valence electrons. The van der Waals surface area contributed by atoms with Crippen molar-refractivity contribution in [3.05, 3.63) is 54.4 Å². The number of nitrogens with two attached hydrogens (primary N) is 1. The van der Waals surface area contributed by atoms with Crippen molar-refractivity contribution in [1.82, 2.24) is 15.3 Å². The van der Waals surface area contributed by atoms with Crippen LogP contribution in [-0.4, -0.2) is 40.9 Å². The molecule has 0 saturated carbocycles.